The van der Waals surface area contributed by atoms with Crippen molar-refractivity contribution in [1.82, 2.24) is 15.2 Å². The van der Waals surface area contributed by atoms with Gasteiger partial charge in [0.1, 0.15) is 9.88 Å². The molecule has 0 fully saturated rings. The van der Waals surface area contributed by atoms with Gasteiger partial charge in [0.25, 0.3) is 5.91 Å². The van der Waals surface area contributed by atoms with E-state index in [1.807, 2.05) is 63.5 Å². The van der Waals surface area contributed by atoms with E-state index in [0.717, 1.165) is 16.3 Å². The maximum Gasteiger partial charge on any atom is 0.263 e. The molecular weight excluding hydrogens is 378 g/mol. The molecule has 1 aromatic heterocycles. The second-order valence-electron chi connectivity index (χ2n) is 6.54. The number of halogens is 1. The van der Waals surface area contributed by atoms with Crippen molar-refractivity contribution in [1.29, 1.82) is 0 Å². The van der Waals surface area contributed by atoms with Crippen LogP contribution >= 0.6 is 22.9 Å². The fourth-order valence-corrected chi connectivity index (χ4v) is 3.98. The molecule has 27 heavy (non-hydrogen) atoms. The predicted octanol–water partition coefficient (Wildman–Crippen LogP) is 4.80. The first-order valence-corrected chi connectivity index (χ1v) is 9.88. The minimum absolute atomic E-state index is 0.0898. The van der Waals surface area contributed by atoms with E-state index in [4.69, 9.17) is 11.6 Å². The first-order valence-electron chi connectivity index (χ1n) is 8.68. The van der Waals surface area contributed by atoms with Crippen molar-refractivity contribution in [3.8, 4) is 10.6 Å². The normalized spacial score (nSPS) is 12.2. The van der Waals surface area contributed by atoms with Crippen LogP contribution in [0.3, 0.4) is 0 Å². The van der Waals surface area contributed by atoms with Crippen molar-refractivity contribution < 1.29 is 4.79 Å². The number of thiazole rings is 1. The first kappa shape index (κ1) is 19.5. The number of benzene rings is 2. The zero-order valence-corrected chi connectivity index (χ0v) is 17.1. The van der Waals surface area contributed by atoms with Gasteiger partial charge in [-0.15, -0.1) is 11.3 Å². The summed E-state index contributed by atoms with van der Waals surface area (Å²) in [5.74, 6) is -0.0898. The molecule has 0 spiro atoms. The largest absolute Gasteiger partial charge is 0.349 e. The topological polar surface area (TPSA) is 45.2 Å². The number of aromatic nitrogens is 1. The van der Waals surface area contributed by atoms with Crippen LogP contribution in [0.1, 0.15) is 27.0 Å². The lowest BCUT2D eigenvalue weighted by molar-refractivity contribution is 0.0945. The van der Waals surface area contributed by atoms with Crippen LogP contribution in [0.15, 0.2) is 54.6 Å². The van der Waals surface area contributed by atoms with Gasteiger partial charge in [-0.3, -0.25) is 4.79 Å². The van der Waals surface area contributed by atoms with E-state index in [-0.39, 0.29) is 11.9 Å². The van der Waals surface area contributed by atoms with E-state index >= 15 is 0 Å². The Morgan fingerprint density at radius 3 is 2.44 bits per heavy atom. The summed E-state index contributed by atoms with van der Waals surface area (Å²) >= 11 is 7.35. The molecule has 4 nitrogen and oxygen atoms in total. The number of amides is 1. The zero-order valence-electron chi connectivity index (χ0n) is 15.6. The lowest BCUT2D eigenvalue weighted by Gasteiger charge is -2.25. The molecule has 0 aliphatic carbocycles. The summed E-state index contributed by atoms with van der Waals surface area (Å²) in [7, 11) is 4.03. The highest BCUT2D eigenvalue weighted by atomic mass is 35.5. The highest BCUT2D eigenvalue weighted by Gasteiger charge is 2.19. The van der Waals surface area contributed by atoms with Crippen LogP contribution in [0.25, 0.3) is 10.6 Å². The molecule has 140 valence electrons. The SMILES string of the molecule is Cc1nc(-c2ccc(Cl)cc2)sc1C(=O)NC[C@@H](c1ccccc1)N(C)C. The van der Waals surface area contributed by atoms with Gasteiger partial charge in [-0.25, -0.2) is 4.98 Å². The number of nitrogens with zero attached hydrogens (tertiary/aromatic N) is 2. The van der Waals surface area contributed by atoms with Crippen LogP contribution in [0.4, 0.5) is 0 Å². The molecule has 0 aliphatic heterocycles. The molecule has 6 heteroatoms. The van der Waals surface area contributed by atoms with Gasteiger partial charge in [0.15, 0.2) is 0 Å². The van der Waals surface area contributed by atoms with Crippen molar-refractivity contribution in [3.63, 3.8) is 0 Å². The Hall–Kier alpha value is -2.21. The Kier molecular flexibility index (Phi) is 6.26. The summed E-state index contributed by atoms with van der Waals surface area (Å²) in [5.41, 5.74) is 2.87. The van der Waals surface area contributed by atoms with E-state index in [2.05, 4.69) is 27.3 Å². The number of carbonyl (C=O) groups is 1. The van der Waals surface area contributed by atoms with Crippen LogP contribution < -0.4 is 5.32 Å². The molecule has 1 amide bonds. The number of hydrogen-bond donors (Lipinski definition) is 1. The van der Waals surface area contributed by atoms with Crippen molar-refractivity contribution in [2.75, 3.05) is 20.6 Å². The number of rotatable bonds is 6. The van der Waals surface area contributed by atoms with Gasteiger partial charge < -0.3 is 10.2 Å². The highest BCUT2D eigenvalue weighted by Crippen LogP contribution is 2.29. The standard InChI is InChI=1S/C21H22ClN3OS/c1-14-19(27-21(24-14)16-9-11-17(22)12-10-16)20(26)23-13-18(25(2)3)15-7-5-4-6-8-15/h4-12,18H,13H2,1-3H3,(H,23,26)/t18-/m0/s1. The van der Waals surface area contributed by atoms with Crippen molar-refractivity contribution in [2.24, 2.45) is 0 Å². The quantitative estimate of drug-likeness (QED) is 0.647. The lowest BCUT2D eigenvalue weighted by Crippen LogP contribution is -2.34. The predicted molar refractivity (Wildman–Crippen MR) is 113 cm³/mol. The van der Waals surface area contributed by atoms with E-state index in [9.17, 15) is 4.79 Å². The van der Waals surface area contributed by atoms with Crippen molar-refractivity contribution in [2.45, 2.75) is 13.0 Å². The third-order valence-electron chi connectivity index (χ3n) is 4.36. The maximum atomic E-state index is 12.7. The Balaban J connectivity index is 1.73. The van der Waals surface area contributed by atoms with Crippen LogP contribution in [0.2, 0.25) is 5.02 Å². The van der Waals surface area contributed by atoms with E-state index in [0.29, 0.717) is 16.4 Å². The van der Waals surface area contributed by atoms with Crippen LogP contribution in [-0.2, 0) is 0 Å². The molecule has 1 N–H and O–H groups in total. The smallest absolute Gasteiger partial charge is 0.263 e. The van der Waals surface area contributed by atoms with Gasteiger partial charge in [-0.1, -0.05) is 54.1 Å². The molecule has 0 aliphatic rings. The minimum Gasteiger partial charge on any atom is -0.349 e. The van der Waals surface area contributed by atoms with Gasteiger partial charge >= 0.3 is 0 Å². The van der Waals surface area contributed by atoms with Crippen LogP contribution in [0.5, 0.6) is 0 Å². The highest BCUT2D eigenvalue weighted by molar-refractivity contribution is 7.17. The fraction of sp³-hybridized carbons (Fsp3) is 0.238. The van der Waals surface area contributed by atoms with E-state index in [1.54, 1.807) is 0 Å². The molecule has 0 saturated carbocycles. The average Bonchev–Trinajstić information content (AvgIpc) is 3.05. The monoisotopic (exact) mass is 399 g/mol. The average molecular weight is 400 g/mol. The molecular formula is C21H22ClN3OS. The van der Waals surface area contributed by atoms with Gasteiger partial charge in [0.05, 0.1) is 11.7 Å². The summed E-state index contributed by atoms with van der Waals surface area (Å²) < 4.78 is 0. The van der Waals surface area contributed by atoms with Crippen LogP contribution in [-0.4, -0.2) is 36.4 Å². The molecule has 1 heterocycles. The Morgan fingerprint density at radius 2 is 1.81 bits per heavy atom. The summed E-state index contributed by atoms with van der Waals surface area (Å²) in [6.07, 6.45) is 0. The second-order valence-corrected chi connectivity index (χ2v) is 7.98. The number of hydrogen-bond acceptors (Lipinski definition) is 4. The molecule has 3 rings (SSSR count). The Morgan fingerprint density at radius 1 is 1.15 bits per heavy atom. The molecule has 2 aromatic carbocycles. The van der Waals surface area contributed by atoms with E-state index in [1.165, 1.54) is 16.9 Å². The van der Waals surface area contributed by atoms with Gasteiger partial charge in [-0.05, 0) is 38.7 Å². The summed E-state index contributed by atoms with van der Waals surface area (Å²) in [6.45, 7) is 2.40. The first-order chi connectivity index (χ1) is 13.0. The third-order valence-corrected chi connectivity index (χ3v) is 5.81. The number of aryl methyl sites for hydroxylation is 1. The number of likely N-dealkylation sites (N-methyl/N-ethyl adjacent to an activating group) is 1. The van der Waals surface area contributed by atoms with Gasteiger partial charge in [0.2, 0.25) is 0 Å². The fourth-order valence-electron chi connectivity index (χ4n) is 2.87. The van der Waals surface area contributed by atoms with Gasteiger partial charge in [-0.2, -0.15) is 0 Å². The van der Waals surface area contributed by atoms with Crippen molar-refractivity contribution >= 4 is 28.8 Å². The number of carbonyl (C=O) groups excluding carboxylic acids is 1. The maximum absolute atomic E-state index is 12.7. The second kappa shape index (κ2) is 8.65. The summed E-state index contributed by atoms with van der Waals surface area (Å²) in [5, 5.41) is 4.56. The van der Waals surface area contributed by atoms with E-state index < -0.39 is 0 Å². The minimum atomic E-state index is -0.0898. The molecule has 0 bridgehead atoms. The summed E-state index contributed by atoms with van der Waals surface area (Å²) in [4.78, 5) is 20.0. The lowest BCUT2D eigenvalue weighted by atomic mass is 10.1. The Labute approximate surface area is 168 Å². The molecule has 0 unspecified atom stereocenters. The summed E-state index contributed by atoms with van der Waals surface area (Å²) in [6, 6.07) is 17.8. The molecule has 0 saturated heterocycles. The molecule has 0 radical (unpaired) electrons. The van der Waals surface area contributed by atoms with Crippen molar-refractivity contribution in [3.05, 3.63) is 75.8 Å². The van der Waals surface area contributed by atoms with Gasteiger partial charge in [0, 0.05) is 17.1 Å². The molecule has 1 atom stereocenters. The number of nitrogens with one attached hydrogen (secondary N) is 1. The molecule has 3 aromatic rings. The Bertz CT molecular complexity index is 907. The third kappa shape index (κ3) is 4.75. The zero-order chi connectivity index (χ0) is 19.4. The van der Waals surface area contributed by atoms with Crippen LogP contribution in [0, 0.1) is 6.92 Å².